The highest BCUT2D eigenvalue weighted by atomic mass is 16.6. The summed E-state index contributed by atoms with van der Waals surface area (Å²) in [5.41, 5.74) is -0.325. The SMILES string of the molecule is C=C(CC(=O)OC1CC(C)(C)NC(C)(C)C1)C(=O)OC1CC(C)(C)NC(C)(C)C1. The van der Waals surface area contributed by atoms with E-state index in [-0.39, 0.29) is 46.4 Å². The second kappa shape index (κ2) is 8.03. The Morgan fingerprint density at radius 3 is 1.48 bits per heavy atom. The fourth-order valence-corrected chi connectivity index (χ4v) is 5.33. The highest BCUT2D eigenvalue weighted by molar-refractivity contribution is 5.93. The predicted octanol–water partition coefficient (Wildman–Crippen LogP) is 3.64. The number of hydrogen-bond acceptors (Lipinski definition) is 6. The van der Waals surface area contributed by atoms with E-state index >= 15 is 0 Å². The van der Waals surface area contributed by atoms with Crippen molar-refractivity contribution in [3.05, 3.63) is 12.2 Å². The van der Waals surface area contributed by atoms with Gasteiger partial charge in [0.2, 0.25) is 0 Å². The van der Waals surface area contributed by atoms with E-state index in [4.69, 9.17) is 9.47 Å². The van der Waals surface area contributed by atoms with Crippen molar-refractivity contribution in [3.8, 4) is 0 Å². The van der Waals surface area contributed by atoms with Crippen LogP contribution in [0.4, 0.5) is 0 Å². The van der Waals surface area contributed by atoms with Crippen molar-refractivity contribution in [3.63, 3.8) is 0 Å². The molecule has 0 bridgehead atoms. The smallest absolute Gasteiger partial charge is 0.334 e. The summed E-state index contributed by atoms with van der Waals surface area (Å²) in [5, 5.41) is 7.13. The van der Waals surface area contributed by atoms with Crippen LogP contribution in [0.3, 0.4) is 0 Å². The van der Waals surface area contributed by atoms with Gasteiger partial charge in [0, 0.05) is 53.4 Å². The average Bonchev–Trinajstić information content (AvgIpc) is 2.39. The van der Waals surface area contributed by atoms with Crippen LogP contribution in [0.15, 0.2) is 12.2 Å². The van der Waals surface area contributed by atoms with E-state index in [9.17, 15) is 9.59 Å². The van der Waals surface area contributed by atoms with Gasteiger partial charge in [0.05, 0.1) is 6.42 Å². The van der Waals surface area contributed by atoms with Gasteiger partial charge in [-0.2, -0.15) is 0 Å². The van der Waals surface area contributed by atoms with E-state index in [0.717, 1.165) is 25.7 Å². The third-order valence-corrected chi connectivity index (χ3v) is 5.52. The van der Waals surface area contributed by atoms with Crippen LogP contribution in [0.25, 0.3) is 0 Å². The Bertz CT molecular complexity index is 632. The largest absolute Gasteiger partial charge is 0.462 e. The molecule has 2 fully saturated rings. The molecule has 0 amide bonds. The highest BCUT2D eigenvalue weighted by Gasteiger charge is 2.41. The number of esters is 2. The molecule has 0 aromatic carbocycles. The van der Waals surface area contributed by atoms with Crippen molar-refractivity contribution >= 4 is 11.9 Å². The second-order valence-electron chi connectivity index (χ2n) is 11.5. The van der Waals surface area contributed by atoms with Crippen LogP contribution in [0.5, 0.6) is 0 Å². The lowest BCUT2D eigenvalue weighted by Crippen LogP contribution is -2.60. The maximum atomic E-state index is 12.5. The minimum atomic E-state index is -0.508. The van der Waals surface area contributed by atoms with Gasteiger partial charge < -0.3 is 20.1 Å². The summed E-state index contributed by atoms with van der Waals surface area (Å²) in [7, 11) is 0. The lowest BCUT2D eigenvalue weighted by atomic mass is 9.81. The molecule has 6 nitrogen and oxygen atoms in total. The number of ether oxygens (including phenoxy) is 2. The zero-order valence-electron chi connectivity index (χ0n) is 19.5. The molecule has 0 aromatic heterocycles. The molecule has 0 aliphatic carbocycles. The molecular weight excluding hydrogens is 368 g/mol. The molecule has 0 aromatic rings. The van der Waals surface area contributed by atoms with E-state index in [1.165, 1.54) is 0 Å². The van der Waals surface area contributed by atoms with E-state index in [1.54, 1.807) is 0 Å². The van der Waals surface area contributed by atoms with Gasteiger partial charge in [-0.05, 0) is 55.4 Å². The summed E-state index contributed by atoms with van der Waals surface area (Å²) in [6, 6.07) is 0. The number of hydrogen-bond donors (Lipinski definition) is 2. The Hall–Kier alpha value is -1.40. The van der Waals surface area contributed by atoms with Crippen LogP contribution in [-0.4, -0.2) is 46.3 Å². The quantitative estimate of drug-likeness (QED) is 0.534. The third-order valence-electron chi connectivity index (χ3n) is 5.52. The summed E-state index contributed by atoms with van der Waals surface area (Å²) in [5.74, 6) is -0.928. The van der Waals surface area contributed by atoms with Crippen molar-refractivity contribution in [2.75, 3.05) is 0 Å². The fourth-order valence-electron chi connectivity index (χ4n) is 5.33. The Balaban J connectivity index is 1.87. The number of nitrogens with one attached hydrogen (secondary N) is 2. The third kappa shape index (κ3) is 7.41. The van der Waals surface area contributed by atoms with Crippen molar-refractivity contribution in [2.45, 2.75) is 122 Å². The second-order valence-corrected chi connectivity index (χ2v) is 11.5. The molecule has 2 aliphatic heterocycles. The molecule has 0 unspecified atom stereocenters. The van der Waals surface area contributed by atoms with Crippen molar-refractivity contribution in [1.82, 2.24) is 10.6 Å². The van der Waals surface area contributed by atoms with Crippen molar-refractivity contribution in [1.29, 1.82) is 0 Å². The van der Waals surface area contributed by atoms with Crippen LogP contribution in [0.2, 0.25) is 0 Å². The zero-order chi connectivity index (χ0) is 22.3. The van der Waals surface area contributed by atoms with Gasteiger partial charge in [0.15, 0.2) is 0 Å². The summed E-state index contributed by atoms with van der Waals surface area (Å²) >= 11 is 0. The molecular formula is C23H40N2O4. The number of piperidine rings is 2. The van der Waals surface area contributed by atoms with Gasteiger partial charge >= 0.3 is 11.9 Å². The summed E-state index contributed by atoms with van der Waals surface area (Å²) in [6.45, 7) is 20.6. The average molecular weight is 409 g/mol. The molecule has 6 heteroatoms. The van der Waals surface area contributed by atoms with Crippen LogP contribution in [0, 0.1) is 0 Å². The van der Waals surface area contributed by atoms with E-state index in [1.807, 2.05) is 0 Å². The van der Waals surface area contributed by atoms with Crippen LogP contribution in [0.1, 0.15) is 87.5 Å². The number of rotatable bonds is 5. The lowest BCUT2D eigenvalue weighted by molar-refractivity contribution is -0.156. The number of carbonyl (C=O) groups excluding carboxylic acids is 2. The van der Waals surface area contributed by atoms with Gasteiger partial charge in [-0.3, -0.25) is 4.79 Å². The summed E-state index contributed by atoms with van der Waals surface area (Å²) < 4.78 is 11.4. The van der Waals surface area contributed by atoms with Gasteiger partial charge in [0.25, 0.3) is 0 Å². The Morgan fingerprint density at radius 1 is 0.759 bits per heavy atom. The molecule has 0 radical (unpaired) electrons. The Labute approximate surface area is 176 Å². The fraction of sp³-hybridized carbons (Fsp3) is 0.826. The zero-order valence-corrected chi connectivity index (χ0v) is 19.5. The maximum absolute atomic E-state index is 12.5. The van der Waals surface area contributed by atoms with Gasteiger partial charge in [-0.15, -0.1) is 0 Å². The molecule has 166 valence electrons. The van der Waals surface area contributed by atoms with Gasteiger partial charge in [-0.1, -0.05) is 6.58 Å². The predicted molar refractivity (Wildman–Crippen MR) is 115 cm³/mol. The monoisotopic (exact) mass is 408 g/mol. The lowest BCUT2D eigenvalue weighted by Gasteiger charge is -2.46. The minimum absolute atomic E-state index is 0.114. The maximum Gasteiger partial charge on any atom is 0.334 e. The first-order chi connectivity index (χ1) is 13.0. The molecule has 2 N–H and O–H groups in total. The first kappa shape index (κ1) is 23.9. The Morgan fingerprint density at radius 2 is 1.10 bits per heavy atom. The molecule has 0 saturated carbocycles. The van der Waals surface area contributed by atoms with Crippen molar-refractivity contribution < 1.29 is 19.1 Å². The van der Waals surface area contributed by atoms with Crippen molar-refractivity contribution in [2.24, 2.45) is 0 Å². The molecule has 0 atom stereocenters. The van der Waals surface area contributed by atoms with E-state index in [0.29, 0.717) is 0 Å². The first-order valence-electron chi connectivity index (χ1n) is 10.6. The number of carbonyl (C=O) groups is 2. The Kier molecular flexibility index (Phi) is 6.61. The van der Waals surface area contributed by atoms with Gasteiger partial charge in [0.1, 0.15) is 12.2 Å². The van der Waals surface area contributed by atoms with E-state index in [2.05, 4.69) is 72.6 Å². The molecule has 2 rings (SSSR count). The highest BCUT2D eigenvalue weighted by Crippen LogP contribution is 2.32. The molecule has 0 spiro atoms. The normalized spacial score (nSPS) is 25.8. The van der Waals surface area contributed by atoms with Crippen LogP contribution >= 0.6 is 0 Å². The summed E-state index contributed by atoms with van der Waals surface area (Å²) in [6.07, 6.45) is 2.40. The van der Waals surface area contributed by atoms with Gasteiger partial charge in [-0.25, -0.2) is 4.79 Å². The first-order valence-corrected chi connectivity index (χ1v) is 10.6. The van der Waals surface area contributed by atoms with Crippen LogP contribution < -0.4 is 10.6 Å². The topological polar surface area (TPSA) is 76.7 Å². The standard InChI is InChI=1S/C23H40N2O4/c1-15(19(27)29-17-13-22(6,7)25-23(8,9)14-17)10-18(26)28-16-11-20(2,3)24-21(4,5)12-16/h16-17,24-25H,1,10-14H2,2-9H3. The molecule has 29 heavy (non-hydrogen) atoms. The van der Waals surface area contributed by atoms with E-state index < -0.39 is 11.9 Å². The molecule has 2 aliphatic rings. The molecule has 2 saturated heterocycles. The van der Waals surface area contributed by atoms with Crippen LogP contribution in [-0.2, 0) is 19.1 Å². The molecule has 2 heterocycles. The summed E-state index contributed by atoms with van der Waals surface area (Å²) in [4.78, 5) is 24.9. The minimum Gasteiger partial charge on any atom is -0.462 e.